The van der Waals surface area contributed by atoms with Gasteiger partial charge < -0.3 is 15.5 Å². The summed E-state index contributed by atoms with van der Waals surface area (Å²) in [5.41, 5.74) is 0.162. The van der Waals surface area contributed by atoms with Crippen LogP contribution in [-0.2, 0) is 9.59 Å². The minimum atomic E-state index is -0.701. The Morgan fingerprint density at radius 2 is 1.80 bits per heavy atom. The van der Waals surface area contributed by atoms with Crippen molar-refractivity contribution in [3.63, 3.8) is 0 Å². The van der Waals surface area contributed by atoms with Gasteiger partial charge in [-0.05, 0) is 56.9 Å². The fourth-order valence-electron chi connectivity index (χ4n) is 2.99. The number of hydrogen-bond donors (Lipinski definition) is 2. The van der Waals surface area contributed by atoms with Crippen LogP contribution in [0, 0.1) is 5.92 Å². The Balaban J connectivity index is 1.85. The summed E-state index contributed by atoms with van der Waals surface area (Å²) in [6.45, 7) is 5.80. The molecule has 1 heterocycles. The Hall–Kier alpha value is -1.46. The summed E-state index contributed by atoms with van der Waals surface area (Å²) >= 11 is 11.4. The van der Waals surface area contributed by atoms with Crippen LogP contribution in [0.25, 0.3) is 0 Å². The fourth-order valence-corrected chi connectivity index (χ4v) is 3.21. The molecule has 5 nitrogen and oxygen atoms in total. The number of nitrogens with one attached hydrogen (secondary N) is 2. The second-order valence-electron chi connectivity index (χ2n) is 6.93. The molecule has 0 radical (unpaired) electrons. The molecule has 25 heavy (non-hydrogen) atoms. The van der Waals surface area contributed by atoms with E-state index in [-0.39, 0.29) is 17.7 Å². The number of amides is 2. The van der Waals surface area contributed by atoms with Crippen LogP contribution >= 0.6 is 23.2 Å². The quantitative estimate of drug-likeness (QED) is 0.739. The van der Waals surface area contributed by atoms with Crippen molar-refractivity contribution < 1.29 is 9.59 Å². The highest BCUT2D eigenvalue weighted by molar-refractivity contribution is 6.30. The summed E-state index contributed by atoms with van der Waals surface area (Å²) in [6.07, 6.45) is 1.76. The molecule has 1 saturated heterocycles. The second-order valence-corrected chi connectivity index (χ2v) is 7.63. The molecule has 1 aliphatic rings. The SMILES string of the molecule is CC(C)(Nc1ccc(Cl)cc1)C(=O)N1CCC(CNC(=O)CCl)CC1. The van der Waals surface area contributed by atoms with Gasteiger partial charge in [0.2, 0.25) is 11.8 Å². The summed E-state index contributed by atoms with van der Waals surface area (Å²) in [5.74, 6) is 0.310. The largest absolute Gasteiger partial charge is 0.372 e. The first-order valence-electron chi connectivity index (χ1n) is 8.47. The topological polar surface area (TPSA) is 61.4 Å². The highest BCUT2D eigenvalue weighted by Gasteiger charge is 2.34. The molecule has 0 bridgehead atoms. The first-order valence-corrected chi connectivity index (χ1v) is 9.39. The second kappa shape index (κ2) is 8.77. The minimum Gasteiger partial charge on any atom is -0.372 e. The number of piperidine rings is 1. The average molecular weight is 386 g/mol. The molecule has 0 aromatic heterocycles. The number of carbonyl (C=O) groups excluding carboxylic acids is 2. The van der Waals surface area contributed by atoms with Gasteiger partial charge in [-0.2, -0.15) is 0 Å². The summed E-state index contributed by atoms with van der Waals surface area (Å²) < 4.78 is 0. The van der Waals surface area contributed by atoms with Crippen LogP contribution in [-0.4, -0.2) is 47.8 Å². The van der Waals surface area contributed by atoms with Crippen LogP contribution in [0.2, 0.25) is 5.02 Å². The lowest BCUT2D eigenvalue weighted by Gasteiger charge is -2.37. The molecule has 1 aliphatic heterocycles. The number of anilines is 1. The Labute approximate surface area is 159 Å². The van der Waals surface area contributed by atoms with E-state index in [0.717, 1.165) is 18.5 Å². The van der Waals surface area contributed by atoms with E-state index >= 15 is 0 Å². The van der Waals surface area contributed by atoms with Crippen LogP contribution in [0.3, 0.4) is 0 Å². The third-order valence-corrected chi connectivity index (χ3v) is 4.94. The summed E-state index contributed by atoms with van der Waals surface area (Å²) in [5, 5.41) is 6.76. The Bertz CT molecular complexity index is 597. The monoisotopic (exact) mass is 385 g/mol. The van der Waals surface area contributed by atoms with E-state index < -0.39 is 5.54 Å². The third kappa shape index (κ3) is 5.79. The van der Waals surface area contributed by atoms with Gasteiger partial charge in [0.15, 0.2) is 0 Å². The maximum absolute atomic E-state index is 12.9. The standard InChI is InChI=1S/C18H25Cl2N3O2/c1-18(2,22-15-5-3-14(20)4-6-15)17(25)23-9-7-13(8-10-23)12-21-16(24)11-19/h3-6,13,22H,7-12H2,1-2H3,(H,21,24). The van der Waals surface area contributed by atoms with Gasteiger partial charge in [0.1, 0.15) is 11.4 Å². The van der Waals surface area contributed by atoms with E-state index in [0.29, 0.717) is 30.6 Å². The molecule has 2 amide bonds. The first kappa shape index (κ1) is 19.9. The summed E-state index contributed by atoms with van der Waals surface area (Å²) in [6, 6.07) is 7.32. The lowest BCUT2D eigenvalue weighted by molar-refractivity contribution is -0.136. The molecular weight excluding hydrogens is 361 g/mol. The maximum Gasteiger partial charge on any atom is 0.247 e. The van der Waals surface area contributed by atoms with Crippen LogP contribution < -0.4 is 10.6 Å². The van der Waals surface area contributed by atoms with Crippen molar-refractivity contribution >= 4 is 40.7 Å². The molecule has 0 aliphatic carbocycles. The normalized spacial score (nSPS) is 15.8. The van der Waals surface area contributed by atoms with Crippen LogP contribution in [0.15, 0.2) is 24.3 Å². The number of nitrogens with zero attached hydrogens (tertiary/aromatic N) is 1. The first-order chi connectivity index (χ1) is 11.8. The van der Waals surface area contributed by atoms with Gasteiger partial charge >= 0.3 is 0 Å². The smallest absolute Gasteiger partial charge is 0.247 e. The molecular formula is C18H25Cl2N3O2. The lowest BCUT2D eigenvalue weighted by Crippen LogP contribution is -2.52. The number of halogens is 2. The molecule has 0 saturated carbocycles. The van der Waals surface area contributed by atoms with Crippen molar-refractivity contribution in [2.75, 3.05) is 30.8 Å². The molecule has 138 valence electrons. The van der Waals surface area contributed by atoms with Crippen molar-refractivity contribution in [1.82, 2.24) is 10.2 Å². The van der Waals surface area contributed by atoms with E-state index in [2.05, 4.69) is 10.6 Å². The molecule has 0 atom stereocenters. The number of hydrogen-bond acceptors (Lipinski definition) is 3. The van der Waals surface area contributed by atoms with Gasteiger partial charge in [0.05, 0.1) is 0 Å². The molecule has 2 rings (SSSR count). The lowest BCUT2D eigenvalue weighted by atomic mass is 9.94. The van der Waals surface area contributed by atoms with Crippen LogP contribution in [0.1, 0.15) is 26.7 Å². The Morgan fingerprint density at radius 1 is 1.20 bits per heavy atom. The highest BCUT2D eigenvalue weighted by atomic mass is 35.5. The van der Waals surface area contributed by atoms with Gasteiger partial charge in [-0.1, -0.05) is 11.6 Å². The third-order valence-electron chi connectivity index (χ3n) is 4.45. The number of carbonyl (C=O) groups is 2. The van der Waals surface area contributed by atoms with E-state index in [4.69, 9.17) is 23.2 Å². The number of alkyl halides is 1. The van der Waals surface area contributed by atoms with Gasteiger partial charge in [0, 0.05) is 30.3 Å². The fraction of sp³-hybridized carbons (Fsp3) is 0.556. The number of likely N-dealkylation sites (tertiary alicyclic amines) is 1. The van der Waals surface area contributed by atoms with Crippen molar-refractivity contribution in [2.45, 2.75) is 32.2 Å². The van der Waals surface area contributed by atoms with Gasteiger partial charge in [-0.3, -0.25) is 9.59 Å². The zero-order chi connectivity index (χ0) is 18.4. The highest BCUT2D eigenvalue weighted by Crippen LogP contribution is 2.23. The zero-order valence-electron chi connectivity index (χ0n) is 14.6. The molecule has 0 spiro atoms. The van der Waals surface area contributed by atoms with Crippen molar-refractivity contribution in [3.8, 4) is 0 Å². The van der Waals surface area contributed by atoms with E-state index in [1.165, 1.54) is 0 Å². The zero-order valence-corrected chi connectivity index (χ0v) is 16.2. The van der Waals surface area contributed by atoms with E-state index in [9.17, 15) is 9.59 Å². The average Bonchev–Trinajstić information content (AvgIpc) is 2.61. The van der Waals surface area contributed by atoms with Crippen LogP contribution in [0.5, 0.6) is 0 Å². The van der Waals surface area contributed by atoms with Gasteiger partial charge in [0.25, 0.3) is 0 Å². The minimum absolute atomic E-state index is 0.0120. The number of benzene rings is 1. The van der Waals surface area contributed by atoms with Gasteiger partial charge in [-0.25, -0.2) is 0 Å². The Morgan fingerprint density at radius 3 is 2.36 bits per heavy atom. The molecule has 1 fully saturated rings. The predicted octanol–water partition coefficient (Wildman–Crippen LogP) is 3.12. The summed E-state index contributed by atoms with van der Waals surface area (Å²) in [7, 11) is 0. The molecule has 1 aromatic carbocycles. The van der Waals surface area contributed by atoms with Crippen molar-refractivity contribution in [3.05, 3.63) is 29.3 Å². The Kier molecular flexibility index (Phi) is 6.96. The van der Waals surface area contributed by atoms with Crippen molar-refractivity contribution in [2.24, 2.45) is 5.92 Å². The molecule has 7 heteroatoms. The van der Waals surface area contributed by atoms with Gasteiger partial charge in [-0.15, -0.1) is 11.6 Å². The van der Waals surface area contributed by atoms with Crippen molar-refractivity contribution in [1.29, 1.82) is 0 Å². The molecule has 0 unspecified atom stereocenters. The van der Waals surface area contributed by atoms with E-state index in [1.807, 2.05) is 30.9 Å². The maximum atomic E-state index is 12.9. The van der Waals surface area contributed by atoms with E-state index in [1.54, 1.807) is 12.1 Å². The summed E-state index contributed by atoms with van der Waals surface area (Å²) in [4.78, 5) is 26.0. The number of rotatable bonds is 6. The predicted molar refractivity (Wildman–Crippen MR) is 102 cm³/mol. The van der Waals surface area contributed by atoms with Crippen LogP contribution in [0.4, 0.5) is 5.69 Å². The molecule has 1 aromatic rings. The molecule has 2 N–H and O–H groups in total.